The van der Waals surface area contributed by atoms with E-state index in [0.717, 1.165) is 38.3 Å². The number of benzene rings is 2. The first-order chi connectivity index (χ1) is 13.2. The fourth-order valence-corrected chi connectivity index (χ4v) is 2.87. The highest BCUT2D eigenvalue weighted by atomic mass is 19.4. The van der Waals surface area contributed by atoms with Gasteiger partial charge in [-0.25, -0.2) is 0 Å². The highest BCUT2D eigenvalue weighted by molar-refractivity contribution is 5.70. The molecule has 0 saturated heterocycles. The molecule has 158 valence electrons. The third-order valence-corrected chi connectivity index (χ3v) is 4.49. The van der Waals surface area contributed by atoms with Gasteiger partial charge in [0.25, 0.3) is 0 Å². The van der Waals surface area contributed by atoms with Crippen molar-refractivity contribution >= 4 is 5.97 Å². The number of methoxy groups -OCH3 is 1. The largest absolute Gasteiger partial charge is 0.496 e. The van der Waals surface area contributed by atoms with Crippen molar-refractivity contribution in [3.63, 3.8) is 0 Å². The minimum Gasteiger partial charge on any atom is -0.496 e. The Kier molecular flexibility index (Phi) is 5.92. The smallest absolute Gasteiger partial charge is 0.419 e. The van der Waals surface area contributed by atoms with Crippen LogP contribution in [0.3, 0.4) is 0 Å². The first kappa shape index (κ1) is 22.6. The Bertz CT molecular complexity index is 913. The van der Waals surface area contributed by atoms with Crippen LogP contribution in [-0.2, 0) is 22.6 Å². The van der Waals surface area contributed by atoms with Gasteiger partial charge in [-0.05, 0) is 35.4 Å². The van der Waals surface area contributed by atoms with Crippen LogP contribution in [0.5, 0.6) is 11.5 Å². The SMILES string of the molecule is COc1ccc(C(C)(C)c2ccc(OC(C)=O)c(C(F)(F)F)c2)cc1C(F)(F)F. The number of halogens is 6. The number of hydrogen-bond donors (Lipinski definition) is 0. The number of carbonyl (C=O) groups excluding carboxylic acids is 1. The monoisotopic (exact) mass is 420 g/mol. The van der Waals surface area contributed by atoms with Crippen molar-refractivity contribution in [2.45, 2.75) is 38.5 Å². The van der Waals surface area contributed by atoms with E-state index in [1.807, 2.05) is 0 Å². The van der Waals surface area contributed by atoms with Crippen LogP contribution in [0, 0.1) is 0 Å². The van der Waals surface area contributed by atoms with Gasteiger partial charge in [0.05, 0.1) is 18.2 Å². The molecule has 2 rings (SSSR count). The molecule has 2 aromatic carbocycles. The molecule has 0 aliphatic rings. The number of esters is 1. The van der Waals surface area contributed by atoms with Gasteiger partial charge in [0.1, 0.15) is 11.5 Å². The summed E-state index contributed by atoms with van der Waals surface area (Å²) in [4.78, 5) is 11.1. The van der Waals surface area contributed by atoms with Crippen molar-refractivity contribution in [2.75, 3.05) is 7.11 Å². The van der Waals surface area contributed by atoms with Crippen LogP contribution in [-0.4, -0.2) is 13.1 Å². The van der Waals surface area contributed by atoms with E-state index >= 15 is 0 Å². The van der Waals surface area contributed by atoms with Crippen molar-refractivity contribution in [1.82, 2.24) is 0 Å². The zero-order valence-corrected chi connectivity index (χ0v) is 16.0. The van der Waals surface area contributed by atoms with E-state index in [0.29, 0.717) is 0 Å². The number of ether oxygens (including phenoxy) is 2. The Labute approximate surface area is 163 Å². The highest BCUT2D eigenvalue weighted by Crippen LogP contribution is 2.43. The summed E-state index contributed by atoms with van der Waals surface area (Å²) in [6, 6.07) is 6.38. The molecule has 0 heterocycles. The second-order valence-electron chi connectivity index (χ2n) is 6.84. The van der Waals surface area contributed by atoms with Gasteiger partial charge in [-0.2, -0.15) is 26.3 Å². The van der Waals surface area contributed by atoms with Crippen LogP contribution in [0.15, 0.2) is 36.4 Å². The number of carbonyl (C=O) groups is 1. The lowest BCUT2D eigenvalue weighted by Crippen LogP contribution is -2.22. The number of hydrogen-bond acceptors (Lipinski definition) is 3. The van der Waals surface area contributed by atoms with Gasteiger partial charge in [0.2, 0.25) is 0 Å². The van der Waals surface area contributed by atoms with Crippen molar-refractivity contribution in [2.24, 2.45) is 0 Å². The molecule has 0 bridgehead atoms. The average molecular weight is 420 g/mol. The fraction of sp³-hybridized carbons (Fsp3) is 0.350. The molecule has 0 unspecified atom stereocenters. The average Bonchev–Trinajstić information content (AvgIpc) is 2.59. The Morgan fingerprint density at radius 3 is 1.59 bits per heavy atom. The second-order valence-corrected chi connectivity index (χ2v) is 6.84. The molecule has 0 aromatic heterocycles. The quantitative estimate of drug-likeness (QED) is 0.347. The standard InChI is InChI=1S/C20H18F6O3/c1-11(27)29-17-8-6-13(10-15(17)20(24,25)26)18(2,3)12-5-7-16(28-4)14(9-12)19(21,22)23/h5-10H,1-4H3. The van der Waals surface area contributed by atoms with E-state index in [1.165, 1.54) is 26.0 Å². The van der Waals surface area contributed by atoms with Gasteiger partial charge in [-0.1, -0.05) is 26.0 Å². The molecule has 3 nitrogen and oxygen atoms in total. The van der Waals surface area contributed by atoms with E-state index in [9.17, 15) is 31.1 Å². The van der Waals surface area contributed by atoms with E-state index in [2.05, 4.69) is 4.74 Å². The van der Waals surface area contributed by atoms with E-state index in [1.54, 1.807) is 0 Å². The Morgan fingerprint density at radius 1 is 0.793 bits per heavy atom. The topological polar surface area (TPSA) is 35.5 Å². The van der Waals surface area contributed by atoms with Crippen LogP contribution >= 0.6 is 0 Å². The highest BCUT2D eigenvalue weighted by Gasteiger charge is 2.39. The minimum atomic E-state index is -4.83. The summed E-state index contributed by atoms with van der Waals surface area (Å²) in [7, 11) is 1.10. The van der Waals surface area contributed by atoms with E-state index in [-0.39, 0.29) is 11.1 Å². The lowest BCUT2D eigenvalue weighted by atomic mass is 9.77. The summed E-state index contributed by atoms with van der Waals surface area (Å²) in [5.41, 5.74) is -3.21. The molecule has 0 saturated carbocycles. The molecular weight excluding hydrogens is 402 g/mol. The van der Waals surface area contributed by atoms with Gasteiger partial charge in [0, 0.05) is 12.3 Å². The zero-order chi connectivity index (χ0) is 22.2. The first-order valence-corrected chi connectivity index (χ1v) is 8.33. The molecule has 0 atom stereocenters. The predicted octanol–water partition coefficient (Wildman–Crippen LogP) is 5.98. The molecule has 0 radical (unpaired) electrons. The number of alkyl halides is 6. The van der Waals surface area contributed by atoms with E-state index < -0.39 is 46.4 Å². The van der Waals surface area contributed by atoms with Gasteiger partial charge in [-0.15, -0.1) is 0 Å². The van der Waals surface area contributed by atoms with Crippen LogP contribution in [0.25, 0.3) is 0 Å². The van der Waals surface area contributed by atoms with E-state index in [4.69, 9.17) is 4.74 Å². The van der Waals surface area contributed by atoms with Crippen molar-refractivity contribution < 1.29 is 40.6 Å². The fourth-order valence-electron chi connectivity index (χ4n) is 2.87. The molecular formula is C20H18F6O3. The van der Waals surface area contributed by atoms with Crippen LogP contribution in [0.1, 0.15) is 43.0 Å². The molecule has 0 fully saturated rings. The third kappa shape index (κ3) is 4.83. The molecule has 29 heavy (non-hydrogen) atoms. The predicted molar refractivity (Wildman–Crippen MR) is 92.9 cm³/mol. The minimum absolute atomic E-state index is 0.0963. The van der Waals surface area contributed by atoms with Gasteiger partial charge < -0.3 is 9.47 Å². The maximum absolute atomic E-state index is 13.4. The Morgan fingerprint density at radius 2 is 1.21 bits per heavy atom. The lowest BCUT2D eigenvalue weighted by molar-refractivity contribution is -0.142. The Balaban J connectivity index is 2.63. The molecule has 0 amide bonds. The lowest BCUT2D eigenvalue weighted by Gasteiger charge is -2.28. The summed E-state index contributed by atoms with van der Waals surface area (Å²) in [5.74, 6) is -1.99. The molecule has 0 spiro atoms. The summed E-state index contributed by atoms with van der Waals surface area (Å²) in [5, 5.41) is 0. The maximum Gasteiger partial charge on any atom is 0.419 e. The van der Waals surface area contributed by atoms with Crippen LogP contribution in [0.2, 0.25) is 0 Å². The van der Waals surface area contributed by atoms with Crippen molar-refractivity contribution in [3.05, 3.63) is 58.7 Å². The summed E-state index contributed by atoms with van der Waals surface area (Å²) in [6.07, 6.45) is -9.53. The molecule has 0 N–H and O–H groups in total. The number of rotatable bonds is 4. The van der Waals surface area contributed by atoms with Crippen molar-refractivity contribution in [3.8, 4) is 11.5 Å². The summed E-state index contributed by atoms with van der Waals surface area (Å²) >= 11 is 0. The first-order valence-electron chi connectivity index (χ1n) is 8.33. The Hall–Kier alpha value is -2.71. The summed E-state index contributed by atoms with van der Waals surface area (Å²) in [6.45, 7) is 3.96. The van der Waals surface area contributed by atoms with Crippen LogP contribution < -0.4 is 9.47 Å². The van der Waals surface area contributed by atoms with Gasteiger partial charge >= 0.3 is 18.3 Å². The normalized spacial score (nSPS) is 12.6. The van der Waals surface area contributed by atoms with Crippen LogP contribution in [0.4, 0.5) is 26.3 Å². The molecule has 9 heteroatoms. The maximum atomic E-state index is 13.4. The second kappa shape index (κ2) is 7.61. The zero-order valence-electron chi connectivity index (χ0n) is 16.0. The third-order valence-electron chi connectivity index (χ3n) is 4.49. The molecule has 0 aliphatic carbocycles. The molecule has 0 aliphatic heterocycles. The molecule has 2 aromatic rings. The van der Waals surface area contributed by atoms with Gasteiger partial charge in [-0.3, -0.25) is 4.79 Å². The van der Waals surface area contributed by atoms with Gasteiger partial charge in [0.15, 0.2) is 0 Å². The summed E-state index contributed by atoms with van der Waals surface area (Å²) < 4.78 is 89.6. The van der Waals surface area contributed by atoms with Crippen molar-refractivity contribution in [1.29, 1.82) is 0 Å².